The van der Waals surface area contributed by atoms with Crippen molar-refractivity contribution in [2.24, 2.45) is 0 Å². The summed E-state index contributed by atoms with van der Waals surface area (Å²) in [5, 5.41) is 8.98. The molecule has 0 spiro atoms. The van der Waals surface area contributed by atoms with Gasteiger partial charge in [0.1, 0.15) is 11.9 Å². The Bertz CT molecular complexity index is 950. The number of thiazole rings is 1. The zero-order valence-corrected chi connectivity index (χ0v) is 18.0. The highest BCUT2D eigenvalue weighted by atomic mass is 32.1. The van der Waals surface area contributed by atoms with Crippen molar-refractivity contribution in [1.82, 2.24) is 9.88 Å². The smallest absolute Gasteiger partial charge is 0.443 e. The maximum absolute atomic E-state index is 12.9. The molecule has 1 N–H and O–H groups in total. The summed E-state index contributed by atoms with van der Waals surface area (Å²) in [4.78, 5) is 28.2. The van der Waals surface area contributed by atoms with Gasteiger partial charge >= 0.3 is 18.1 Å². The van der Waals surface area contributed by atoms with Gasteiger partial charge in [-0.05, 0) is 31.0 Å². The van der Waals surface area contributed by atoms with E-state index in [0.29, 0.717) is 23.5 Å². The second kappa shape index (κ2) is 9.84. The minimum Gasteiger partial charge on any atom is -0.482 e. The number of carbonyl (C=O) groups is 2. The molecule has 12 heteroatoms. The number of ether oxygens (including phenoxy) is 3. The predicted octanol–water partition coefficient (Wildman–Crippen LogP) is 3.13. The summed E-state index contributed by atoms with van der Waals surface area (Å²) in [6.45, 7) is 1.58. The zero-order valence-electron chi connectivity index (χ0n) is 17.2. The van der Waals surface area contributed by atoms with E-state index in [1.165, 1.54) is 12.5 Å². The second-order valence-electron chi connectivity index (χ2n) is 7.15. The summed E-state index contributed by atoms with van der Waals surface area (Å²) in [7, 11) is 1.21. The Labute approximate surface area is 185 Å². The molecule has 174 valence electrons. The SMILES string of the molecule is COC(=O)C1OC(c2csc(C(F)(F)F)n2)CN1C(C)Cc1ccc(OCC(=O)O)cc1. The average molecular weight is 474 g/mol. The molecule has 32 heavy (non-hydrogen) atoms. The number of benzene rings is 1. The fourth-order valence-electron chi connectivity index (χ4n) is 3.32. The third-order valence-corrected chi connectivity index (χ3v) is 5.76. The molecule has 2 heterocycles. The number of alkyl halides is 3. The monoisotopic (exact) mass is 474 g/mol. The number of aliphatic carboxylic acids is 1. The quantitative estimate of drug-likeness (QED) is 0.583. The highest BCUT2D eigenvalue weighted by molar-refractivity contribution is 7.09. The Morgan fingerprint density at radius 1 is 1.34 bits per heavy atom. The molecule has 0 radical (unpaired) electrons. The molecule has 0 bridgehead atoms. The highest BCUT2D eigenvalue weighted by Crippen LogP contribution is 2.36. The number of aromatic nitrogens is 1. The van der Waals surface area contributed by atoms with Crippen LogP contribution < -0.4 is 4.74 Å². The maximum Gasteiger partial charge on any atom is 0.443 e. The normalized spacial score (nSPS) is 20.2. The molecule has 1 aliphatic rings. The van der Waals surface area contributed by atoms with Crippen LogP contribution in [0, 0.1) is 0 Å². The summed E-state index contributed by atoms with van der Waals surface area (Å²) in [6, 6.07) is 6.59. The molecule has 8 nitrogen and oxygen atoms in total. The third-order valence-electron chi connectivity index (χ3n) is 4.85. The third kappa shape index (κ3) is 5.75. The topological polar surface area (TPSA) is 98.2 Å². The molecule has 2 aromatic rings. The number of halogens is 3. The first kappa shape index (κ1) is 24.0. The Kier molecular flexibility index (Phi) is 7.36. The van der Waals surface area contributed by atoms with Gasteiger partial charge in [-0.3, -0.25) is 4.90 Å². The largest absolute Gasteiger partial charge is 0.482 e. The van der Waals surface area contributed by atoms with Crippen LogP contribution in [0.4, 0.5) is 13.2 Å². The number of carboxylic acids is 1. The van der Waals surface area contributed by atoms with Crippen LogP contribution in [-0.2, 0) is 31.7 Å². The minimum absolute atomic E-state index is 0.117. The maximum atomic E-state index is 12.9. The Morgan fingerprint density at radius 3 is 2.59 bits per heavy atom. The van der Waals surface area contributed by atoms with Crippen LogP contribution in [0.1, 0.15) is 29.3 Å². The lowest BCUT2D eigenvalue weighted by molar-refractivity contribution is -0.162. The summed E-state index contributed by atoms with van der Waals surface area (Å²) in [5.41, 5.74) is 1.01. The molecule has 3 atom stereocenters. The van der Waals surface area contributed by atoms with Crippen LogP contribution in [0.5, 0.6) is 5.75 Å². The van der Waals surface area contributed by atoms with Crippen LogP contribution in [0.25, 0.3) is 0 Å². The van der Waals surface area contributed by atoms with E-state index in [2.05, 4.69) is 4.98 Å². The molecule has 1 aliphatic heterocycles. The number of methoxy groups -OCH3 is 1. The van der Waals surface area contributed by atoms with Crippen molar-refractivity contribution in [2.75, 3.05) is 20.3 Å². The van der Waals surface area contributed by atoms with Crippen LogP contribution >= 0.6 is 11.3 Å². The van der Waals surface area contributed by atoms with Gasteiger partial charge in [0.05, 0.1) is 12.8 Å². The Hall–Kier alpha value is -2.70. The van der Waals surface area contributed by atoms with Gasteiger partial charge in [0.2, 0.25) is 6.23 Å². The predicted molar refractivity (Wildman–Crippen MR) is 106 cm³/mol. The van der Waals surface area contributed by atoms with Crippen LogP contribution in [0.3, 0.4) is 0 Å². The number of hydrogen-bond donors (Lipinski definition) is 1. The molecule has 3 unspecified atom stereocenters. The number of hydrogen-bond acceptors (Lipinski definition) is 8. The van der Waals surface area contributed by atoms with E-state index in [1.54, 1.807) is 29.2 Å². The molecule has 3 rings (SSSR count). The number of nitrogens with zero attached hydrogens (tertiary/aromatic N) is 2. The second-order valence-corrected chi connectivity index (χ2v) is 8.01. The molecule has 0 aliphatic carbocycles. The summed E-state index contributed by atoms with van der Waals surface area (Å²) >= 11 is 0.479. The van der Waals surface area contributed by atoms with E-state index < -0.39 is 42.1 Å². The van der Waals surface area contributed by atoms with Crippen molar-refractivity contribution in [1.29, 1.82) is 0 Å². The van der Waals surface area contributed by atoms with Gasteiger partial charge in [-0.2, -0.15) is 13.2 Å². The first-order chi connectivity index (χ1) is 15.1. The first-order valence-electron chi connectivity index (χ1n) is 9.53. The molecule has 1 aromatic heterocycles. The molecule has 1 fully saturated rings. The molecule has 1 saturated heterocycles. The molecule has 0 saturated carbocycles. The fourth-order valence-corrected chi connectivity index (χ4v) is 4.05. The van der Waals surface area contributed by atoms with Gasteiger partial charge in [-0.15, -0.1) is 11.3 Å². The van der Waals surface area contributed by atoms with Crippen LogP contribution in [0.2, 0.25) is 0 Å². The lowest BCUT2D eigenvalue weighted by atomic mass is 10.1. The van der Waals surface area contributed by atoms with Gasteiger partial charge in [0, 0.05) is 18.0 Å². The Balaban J connectivity index is 1.70. The summed E-state index contributed by atoms with van der Waals surface area (Å²) in [6.07, 6.45) is -5.93. The lowest BCUT2D eigenvalue weighted by Crippen LogP contribution is -2.44. The van der Waals surface area contributed by atoms with Gasteiger partial charge < -0.3 is 19.3 Å². The van der Waals surface area contributed by atoms with Crippen LogP contribution in [0.15, 0.2) is 29.6 Å². The number of carbonyl (C=O) groups excluding carboxylic acids is 1. The van der Waals surface area contributed by atoms with Crippen molar-refractivity contribution in [3.63, 3.8) is 0 Å². The summed E-state index contributed by atoms with van der Waals surface area (Å²) < 4.78 is 54.3. The average Bonchev–Trinajstić information content (AvgIpc) is 3.40. The van der Waals surface area contributed by atoms with E-state index in [9.17, 15) is 22.8 Å². The number of esters is 1. The van der Waals surface area contributed by atoms with Crippen LogP contribution in [-0.4, -0.2) is 59.5 Å². The Morgan fingerprint density at radius 2 is 2.03 bits per heavy atom. The van der Waals surface area contributed by atoms with Crippen molar-refractivity contribution < 1.29 is 42.1 Å². The standard InChI is InChI=1S/C20H21F3N2O6S/c1-11(7-12-3-5-13(6-4-12)30-9-16(26)27)25-8-15(31-17(25)18(28)29-2)14-10-32-19(24-14)20(21,22)23/h3-6,10-11,15,17H,7-9H2,1-2H3,(H,26,27). The minimum atomic E-state index is -4.55. The van der Waals surface area contributed by atoms with Gasteiger partial charge in [-0.1, -0.05) is 12.1 Å². The molecule has 1 aromatic carbocycles. The summed E-state index contributed by atoms with van der Waals surface area (Å²) in [5.74, 6) is -1.32. The highest BCUT2D eigenvalue weighted by Gasteiger charge is 2.43. The first-order valence-corrected chi connectivity index (χ1v) is 10.4. The van der Waals surface area contributed by atoms with Crippen molar-refractivity contribution in [3.8, 4) is 5.75 Å². The van der Waals surface area contributed by atoms with Gasteiger partial charge in [0.15, 0.2) is 11.6 Å². The lowest BCUT2D eigenvalue weighted by Gasteiger charge is -2.27. The number of rotatable bonds is 8. The zero-order chi connectivity index (χ0) is 23.5. The van der Waals surface area contributed by atoms with E-state index in [-0.39, 0.29) is 18.3 Å². The van der Waals surface area contributed by atoms with Crippen molar-refractivity contribution >= 4 is 23.3 Å². The van der Waals surface area contributed by atoms with E-state index in [1.807, 2.05) is 6.92 Å². The van der Waals surface area contributed by atoms with Gasteiger partial charge in [0.25, 0.3) is 0 Å². The van der Waals surface area contributed by atoms with E-state index in [0.717, 1.165) is 5.56 Å². The van der Waals surface area contributed by atoms with E-state index >= 15 is 0 Å². The number of carboxylic acid groups (broad SMARTS) is 1. The van der Waals surface area contributed by atoms with Crippen molar-refractivity contribution in [3.05, 3.63) is 45.9 Å². The van der Waals surface area contributed by atoms with Crippen molar-refractivity contribution in [2.45, 2.75) is 37.9 Å². The fraction of sp³-hybridized carbons (Fsp3) is 0.450. The van der Waals surface area contributed by atoms with Gasteiger partial charge in [-0.25, -0.2) is 14.6 Å². The molecular weight excluding hydrogens is 453 g/mol. The van der Waals surface area contributed by atoms with E-state index in [4.69, 9.17) is 19.3 Å². The molecular formula is C20H21F3N2O6S. The molecule has 0 amide bonds.